The van der Waals surface area contributed by atoms with E-state index in [1.807, 2.05) is 48.5 Å². The molecule has 0 bridgehead atoms. The Morgan fingerprint density at radius 3 is 1.19 bits per heavy atom. The summed E-state index contributed by atoms with van der Waals surface area (Å²) in [5.74, 6) is 0. The van der Waals surface area contributed by atoms with Gasteiger partial charge >= 0.3 is 12.4 Å². The molecule has 0 aliphatic rings. The molecule has 0 saturated carbocycles. The van der Waals surface area contributed by atoms with Crippen molar-refractivity contribution in [2.75, 3.05) is 0 Å². The zero-order valence-corrected chi connectivity index (χ0v) is 29.1. The number of hydrogen-bond donors (Lipinski definition) is 0. The van der Waals surface area contributed by atoms with Gasteiger partial charge in [-0.25, -0.2) is 9.97 Å². The Kier molecular flexibility index (Phi) is 9.07. The highest BCUT2D eigenvalue weighted by atomic mass is 32.1. The highest BCUT2D eigenvalue weighted by molar-refractivity contribution is 7.18. The van der Waals surface area contributed by atoms with Crippen molar-refractivity contribution in [3.8, 4) is 76.2 Å². The lowest BCUT2D eigenvalue weighted by Gasteiger charge is -2.09. The zero-order chi connectivity index (χ0) is 37.5. The van der Waals surface area contributed by atoms with Crippen LogP contribution < -0.4 is 0 Å². The van der Waals surface area contributed by atoms with Crippen LogP contribution in [0.1, 0.15) is 11.1 Å². The molecule has 0 saturated heterocycles. The van der Waals surface area contributed by atoms with E-state index in [1.165, 1.54) is 34.8 Å². The maximum absolute atomic E-state index is 13.4. The Morgan fingerprint density at radius 2 is 0.722 bits per heavy atom. The van der Waals surface area contributed by atoms with Crippen LogP contribution in [-0.2, 0) is 12.4 Å². The fraction of sp³-hybridized carbons (Fsp3) is 0.0500. The quantitative estimate of drug-likeness (QED) is 0.150. The van der Waals surface area contributed by atoms with E-state index in [9.17, 15) is 26.3 Å². The van der Waals surface area contributed by atoms with Crippen molar-refractivity contribution in [2.45, 2.75) is 12.4 Å². The van der Waals surface area contributed by atoms with Gasteiger partial charge in [0.1, 0.15) is 21.4 Å². The van der Waals surface area contributed by atoms with Gasteiger partial charge in [-0.2, -0.15) is 26.3 Å². The topological polar surface area (TPSA) is 77.3 Å². The normalized spacial score (nSPS) is 11.9. The number of rotatable bonds is 7. The van der Waals surface area contributed by atoms with Crippen molar-refractivity contribution in [3.63, 3.8) is 0 Å². The second-order valence-corrected chi connectivity index (χ2v) is 13.9. The third kappa shape index (κ3) is 7.38. The minimum absolute atomic E-state index is 0.325. The first-order valence-corrected chi connectivity index (χ1v) is 17.8. The molecule has 14 heteroatoms. The number of halogens is 6. The molecule has 0 fully saturated rings. The fourth-order valence-corrected chi connectivity index (χ4v) is 7.30. The van der Waals surface area contributed by atoms with Crippen molar-refractivity contribution in [2.24, 2.45) is 0 Å². The largest absolute Gasteiger partial charge is 0.416 e. The van der Waals surface area contributed by atoms with Crippen LogP contribution in [0.25, 0.3) is 76.2 Å². The monoisotopic (exact) mass is 764 g/mol. The summed E-state index contributed by atoms with van der Waals surface area (Å²) in [6.45, 7) is 0. The molecule has 54 heavy (non-hydrogen) atoms. The molecule has 0 amide bonds. The molecule has 0 unspecified atom stereocenters. The predicted octanol–water partition coefficient (Wildman–Crippen LogP) is 11.9. The lowest BCUT2D eigenvalue weighted by Crippen LogP contribution is -2.04. The first-order chi connectivity index (χ1) is 26.0. The van der Waals surface area contributed by atoms with Crippen LogP contribution in [0, 0.1) is 0 Å². The lowest BCUT2D eigenvalue weighted by molar-refractivity contribution is -0.138. The van der Waals surface area contributed by atoms with Crippen molar-refractivity contribution >= 4 is 22.7 Å². The second kappa shape index (κ2) is 14.0. The molecule has 4 aromatic carbocycles. The highest BCUT2D eigenvalue weighted by Gasteiger charge is 2.31. The average Bonchev–Trinajstić information content (AvgIpc) is 3.90. The van der Waals surface area contributed by atoms with Crippen LogP contribution in [0.5, 0.6) is 0 Å². The number of nitrogens with zero attached hydrogens (tertiary/aromatic N) is 6. The molecule has 0 aliphatic heterocycles. The summed E-state index contributed by atoms with van der Waals surface area (Å²) in [5, 5.41) is 19.8. The van der Waals surface area contributed by atoms with E-state index >= 15 is 0 Å². The van der Waals surface area contributed by atoms with Gasteiger partial charge in [-0.3, -0.25) is 0 Å². The Hall–Kier alpha value is -6.12. The Bertz CT molecular complexity index is 2460. The molecular weight excluding hydrogens is 743 g/mol. The number of alkyl halides is 6. The minimum Gasteiger partial charge on any atom is -0.245 e. The van der Waals surface area contributed by atoms with Crippen molar-refractivity contribution in [1.82, 2.24) is 30.4 Å². The molecule has 8 rings (SSSR count). The fourth-order valence-electron chi connectivity index (χ4n) is 5.70. The minimum atomic E-state index is -4.48. The zero-order valence-electron chi connectivity index (χ0n) is 27.5. The van der Waals surface area contributed by atoms with Gasteiger partial charge < -0.3 is 0 Å². The Balaban J connectivity index is 1.13. The summed E-state index contributed by atoms with van der Waals surface area (Å²) < 4.78 is 80.3. The van der Waals surface area contributed by atoms with E-state index in [4.69, 9.17) is 0 Å². The number of hydrogen-bond acceptors (Lipinski definition) is 8. The summed E-state index contributed by atoms with van der Waals surface area (Å²) in [4.78, 5) is 9.23. The maximum Gasteiger partial charge on any atom is 0.416 e. The first-order valence-electron chi connectivity index (χ1n) is 16.2. The average molecular weight is 765 g/mol. The van der Waals surface area contributed by atoms with E-state index in [2.05, 4.69) is 30.4 Å². The van der Waals surface area contributed by atoms with Crippen molar-refractivity contribution < 1.29 is 26.3 Å². The van der Waals surface area contributed by atoms with Gasteiger partial charge in [-0.05, 0) is 77.9 Å². The van der Waals surface area contributed by atoms with Gasteiger partial charge in [-0.1, -0.05) is 89.4 Å². The van der Waals surface area contributed by atoms with Gasteiger partial charge in [0.15, 0.2) is 10.0 Å². The van der Waals surface area contributed by atoms with Gasteiger partial charge in [0, 0.05) is 22.3 Å². The molecule has 8 aromatic rings. The molecule has 6 nitrogen and oxygen atoms in total. The van der Waals surface area contributed by atoms with Crippen LogP contribution in [0.2, 0.25) is 0 Å². The molecule has 0 aliphatic carbocycles. The van der Waals surface area contributed by atoms with Crippen molar-refractivity contribution in [1.29, 1.82) is 0 Å². The molecule has 0 spiro atoms. The van der Waals surface area contributed by atoms with Gasteiger partial charge in [0.05, 0.1) is 22.5 Å². The van der Waals surface area contributed by atoms with E-state index in [0.29, 0.717) is 53.9 Å². The van der Waals surface area contributed by atoms with Gasteiger partial charge in [0.2, 0.25) is 0 Å². The third-order valence-corrected chi connectivity index (χ3v) is 10.3. The molecule has 0 N–H and O–H groups in total. The summed E-state index contributed by atoms with van der Waals surface area (Å²) in [7, 11) is 0. The molecule has 0 radical (unpaired) electrons. The standard InChI is InChI=1S/C40H22F6N6S2/c41-39(42,43)29-12-4-10-24(21-29)31-14-6-16-33(47-31)37-51-49-35(53-37)27-18-26(23-8-2-1-3-9-23)19-28(20-27)36-50-52-38(54-36)34-17-7-15-32(48-34)25-11-5-13-30(22-25)40(44,45)46/h1-22H. The van der Waals surface area contributed by atoms with E-state index < -0.39 is 23.5 Å². The summed E-state index contributed by atoms with van der Waals surface area (Å²) in [5.41, 5.74) is 4.09. The van der Waals surface area contributed by atoms with E-state index in [0.717, 1.165) is 46.5 Å². The number of pyridine rings is 2. The van der Waals surface area contributed by atoms with Crippen LogP contribution in [0.3, 0.4) is 0 Å². The molecule has 266 valence electrons. The van der Waals surface area contributed by atoms with Gasteiger partial charge in [-0.15, -0.1) is 20.4 Å². The molecule has 4 aromatic heterocycles. The van der Waals surface area contributed by atoms with Crippen molar-refractivity contribution in [3.05, 3.63) is 145 Å². The third-order valence-electron chi connectivity index (χ3n) is 8.29. The van der Waals surface area contributed by atoms with Crippen LogP contribution in [0.4, 0.5) is 26.3 Å². The summed E-state index contributed by atoms with van der Waals surface area (Å²) in [6.07, 6.45) is -8.97. The maximum atomic E-state index is 13.4. The smallest absolute Gasteiger partial charge is 0.245 e. The van der Waals surface area contributed by atoms with Crippen LogP contribution >= 0.6 is 22.7 Å². The summed E-state index contributed by atoms with van der Waals surface area (Å²) in [6, 6.07) is 35.8. The van der Waals surface area contributed by atoms with E-state index in [1.54, 1.807) is 48.5 Å². The molecule has 4 heterocycles. The van der Waals surface area contributed by atoms with E-state index in [-0.39, 0.29) is 0 Å². The molecule has 0 atom stereocenters. The number of benzene rings is 4. The molecular formula is C40H22F6N6S2. The second-order valence-electron chi connectivity index (χ2n) is 12.0. The number of aromatic nitrogens is 6. The predicted molar refractivity (Wildman–Crippen MR) is 197 cm³/mol. The lowest BCUT2D eigenvalue weighted by atomic mass is 10.00. The first kappa shape index (κ1) is 34.9. The Morgan fingerprint density at radius 1 is 0.333 bits per heavy atom. The Labute approximate surface area is 311 Å². The summed E-state index contributed by atoms with van der Waals surface area (Å²) >= 11 is 2.57. The van der Waals surface area contributed by atoms with Crippen LogP contribution in [-0.4, -0.2) is 30.4 Å². The SMILES string of the molecule is FC(F)(F)c1cccc(-c2cccc(-c3nnc(-c4cc(-c5ccccc5)cc(-c5nnc(-c6cccc(-c7cccc(C(F)(F)F)c7)n6)s5)c4)s3)n2)c1. The highest BCUT2D eigenvalue weighted by Crippen LogP contribution is 2.39. The van der Waals surface area contributed by atoms with Crippen LogP contribution in [0.15, 0.2) is 133 Å². The van der Waals surface area contributed by atoms with Gasteiger partial charge in [0.25, 0.3) is 0 Å².